The van der Waals surface area contributed by atoms with E-state index in [1.807, 2.05) is 27.7 Å². The summed E-state index contributed by atoms with van der Waals surface area (Å²) in [5.74, 6) is 0.833. The maximum absolute atomic E-state index is 11.7. The van der Waals surface area contributed by atoms with Crippen molar-refractivity contribution in [2.45, 2.75) is 60.5 Å². The van der Waals surface area contributed by atoms with Crippen LogP contribution in [-0.4, -0.2) is 35.5 Å². The molecule has 4 heteroatoms. The summed E-state index contributed by atoms with van der Waals surface area (Å²) in [5.41, 5.74) is 3.75. The second kappa shape index (κ2) is 8.14. The molecule has 0 aromatic heterocycles. The number of ether oxygens (including phenoxy) is 1. The number of hydrogen-bond acceptors (Lipinski definition) is 3. The summed E-state index contributed by atoms with van der Waals surface area (Å²) in [5, 5.41) is 0. The lowest BCUT2D eigenvalue weighted by Crippen LogP contribution is -2.38. The first-order valence-electron chi connectivity index (χ1n) is 8.22. The summed E-state index contributed by atoms with van der Waals surface area (Å²) in [4.78, 5) is 17.5. The van der Waals surface area contributed by atoms with Crippen LogP contribution >= 0.6 is 0 Å². The van der Waals surface area contributed by atoms with Crippen LogP contribution < -0.4 is 0 Å². The summed E-state index contributed by atoms with van der Waals surface area (Å²) in [6.07, 6.45) is 0.495. The standard InChI is InChI=1S/C10H18N2O2.C9H12/c1-5-8-11-6-7-12(8)9(13)14-10(2,3)4;1-7-5-4-6-8(2)9(7)3/h5-7H2,1-4H3;4-6H,1-3H3. The average Bonchev–Trinajstić information content (AvgIpc) is 2.92. The third-order valence-electron chi connectivity index (χ3n) is 3.74. The molecule has 1 heterocycles. The van der Waals surface area contributed by atoms with Gasteiger partial charge < -0.3 is 4.74 Å². The van der Waals surface area contributed by atoms with Gasteiger partial charge in [-0.1, -0.05) is 25.1 Å². The molecule has 1 aromatic rings. The van der Waals surface area contributed by atoms with Crippen LogP contribution in [0.25, 0.3) is 0 Å². The van der Waals surface area contributed by atoms with Crippen LogP contribution in [0.2, 0.25) is 0 Å². The van der Waals surface area contributed by atoms with Gasteiger partial charge in [-0.05, 0) is 58.2 Å². The molecule has 1 aliphatic rings. The Bertz CT molecular complexity index is 551. The molecule has 1 aliphatic heterocycles. The number of amides is 1. The number of nitrogens with zero attached hydrogens (tertiary/aromatic N) is 2. The first-order chi connectivity index (χ1) is 10.7. The molecule has 0 saturated heterocycles. The van der Waals surface area contributed by atoms with Crippen molar-refractivity contribution in [3.8, 4) is 0 Å². The minimum Gasteiger partial charge on any atom is -0.443 e. The summed E-state index contributed by atoms with van der Waals surface area (Å²) in [7, 11) is 0. The van der Waals surface area contributed by atoms with Crippen molar-refractivity contribution in [1.82, 2.24) is 4.90 Å². The van der Waals surface area contributed by atoms with Crippen LogP contribution in [0.3, 0.4) is 0 Å². The Balaban J connectivity index is 0.000000253. The van der Waals surface area contributed by atoms with Gasteiger partial charge in [0.25, 0.3) is 0 Å². The van der Waals surface area contributed by atoms with Gasteiger partial charge >= 0.3 is 6.09 Å². The van der Waals surface area contributed by atoms with Crippen molar-refractivity contribution in [3.63, 3.8) is 0 Å². The Kier molecular flexibility index (Phi) is 6.79. The highest BCUT2D eigenvalue weighted by atomic mass is 16.6. The second-order valence-corrected chi connectivity index (χ2v) is 6.80. The van der Waals surface area contributed by atoms with E-state index in [0.717, 1.165) is 12.3 Å². The fourth-order valence-electron chi connectivity index (χ4n) is 2.21. The second-order valence-electron chi connectivity index (χ2n) is 6.80. The van der Waals surface area contributed by atoms with E-state index in [4.69, 9.17) is 4.74 Å². The number of carbonyl (C=O) groups excluding carboxylic acids is 1. The normalized spacial score (nSPS) is 14.0. The number of benzene rings is 1. The predicted octanol–water partition coefficient (Wildman–Crippen LogP) is 4.66. The van der Waals surface area contributed by atoms with Gasteiger partial charge in [-0.3, -0.25) is 9.89 Å². The summed E-state index contributed by atoms with van der Waals surface area (Å²) in [6.45, 7) is 15.4. The van der Waals surface area contributed by atoms with Gasteiger partial charge in [0, 0.05) is 6.42 Å². The zero-order chi connectivity index (χ0) is 17.6. The van der Waals surface area contributed by atoms with E-state index < -0.39 is 5.60 Å². The Labute approximate surface area is 140 Å². The van der Waals surface area contributed by atoms with Crippen molar-refractivity contribution in [2.75, 3.05) is 13.1 Å². The SMILES string of the molecule is CCC1=NCCN1C(=O)OC(C)(C)C.Cc1cccc(C)c1C. The van der Waals surface area contributed by atoms with E-state index in [2.05, 4.69) is 44.0 Å². The smallest absolute Gasteiger partial charge is 0.415 e. The highest BCUT2D eigenvalue weighted by Gasteiger charge is 2.27. The first kappa shape index (κ1) is 19.2. The molecule has 0 spiro atoms. The molecule has 4 nitrogen and oxygen atoms in total. The van der Waals surface area contributed by atoms with Crippen LogP contribution in [0.1, 0.15) is 50.8 Å². The Morgan fingerprint density at radius 3 is 2.22 bits per heavy atom. The zero-order valence-electron chi connectivity index (χ0n) is 15.6. The highest BCUT2D eigenvalue weighted by Crippen LogP contribution is 2.13. The lowest BCUT2D eigenvalue weighted by atomic mass is 10.1. The maximum Gasteiger partial charge on any atom is 0.415 e. The van der Waals surface area contributed by atoms with E-state index in [1.54, 1.807) is 4.90 Å². The molecule has 0 unspecified atom stereocenters. The summed E-state index contributed by atoms with van der Waals surface area (Å²) >= 11 is 0. The Hall–Kier alpha value is -1.84. The zero-order valence-corrected chi connectivity index (χ0v) is 15.6. The van der Waals surface area contributed by atoms with Crippen LogP contribution in [0, 0.1) is 20.8 Å². The summed E-state index contributed by atoms with van der Waals surface area (Å²) in [6, 6.07) is 6.38. The molecule has 0 fully saturated rings. The topological polar surface area (TPSA) is 41.9 Å². The number of carbonyl (C=O) groups is 1. The van der Waals surface area contributed by atoms with Crippen LogP contribution in [0.15, 0.2) is 23.2 Å². The first-order valence-corrected chi connectivity index (χ1v) is 8.22. The summed E-state index contributed by atoms with van der Waals surface area (Å²) < 4.78 is 5.26. The monoisotopic (exact) mass is 318 g/mol. The van der Waals surface area contributed by atoms with Gasteiger partial charge in [-0.15, -0.1) is 0 Å². The number of rotatable bonds is 1. The fraction of sp³-hybridized carbons (Fsp3) is 0.579. The van der Waals surface area contributed by atoms with Crippen LogP contribution in [-0.2, 0) is 4.74 Å². The molecule has 1 amide bonds. The number of aliphatic imine (C=N–C) groups is 1. The van der Waals surface area contributed by atoms with Crippen molar-refractivity contribution in [2.24, 2.45) is 4.99 Å². The van der Waals surface area contributed by atoms with E-state index in [-0.39, 0.29) is 6.09 Å². The third-order valence-corrected chi connectivity index (χ3v) is 3.74. The van der Waals surface area contributed by atoms with E-state index in [1.165, 1.54) is 16.7 Å². The van der Waals surface area contributed by atoms with Gasteiger partial charge in [0.1, 0.15) is 11.4 Å². The van der Waals surface area contributed by atoms with Crippen LogP contribution in [0.4, 0.5) is 4.79 Å². The van der Waals surface area contributed by atoms with Gasteiger partial charge in [0.2, 0.25) is 0 Å². The molecule has 0 N–H and O–H groups in total. The van der Waals surface area contributed by atoms with Crippen molar-refractivity contribution in [3.05, 3.63) is 34.9 Å². The van der Waals surface area contributed by atoms with Crippen molar-refractivity contribution in [1.29, 1.82) is 0 Å². The molecule has 0 atom stereocenters. The molecule has 0 aliphatic carbocycles. The van der Waals surface area contributed by atoms with E-state index >= 15 is 0 Å². The van der Waals surface area contributed by atoms with E-state index in [0.29, 0.717) is 13.1 Å². The number of hydrogen-bond donors (Lipinski definition) is 0. The van der Waals surface area contributed by atoms with Crippen molar-refractivity contribution >= 4 is 11.9 Å². The molecule has 2 rings (SSSR count). The molecule has 0 saturated carbocycles. The van der Waals surface area contributed by atoms with Gasteiger partial charge in [-0.25, -0.2) is 4.79 Å². The number of aryl methyl sites for hydroxylation is 2. The van der Waals surface area contributed by atoms with Gasteiger partial charge in [0.05, 0.1) is 13.1 Å². The third kappa shape index (κ3) is 6.05. The quantitative estimate of drug-likeness (QED) is 0.756. The molecule has 0 radical (unpaired) electrons. The maximum atomic E-state index is 11.7. The van der Waals surface area contributed by atoms with Gasteiger partial charge in [-0.2, -0.15) is 0 Å². The van der Waals surface area contributed by atoms with Gasteiger partial charge in [0.15, 0.2) is 0 Å². The Morgan fingerprint density at radius 1 is 1.22 bits per heavy atom. The minimum absolute atomic E-state index is 0.282. The molecule has 1 aromatic carbocycles. The molecule has 0 bridgehead atoms. The largest absolute Gasteiger partial charge is 0.443 e. The molecular formula is C19H30N2O2. The predicted molar refractivity (Wildman–Crippen MR) is 96.2 cm³/mol. The molecule has 23 heavy (non-hydrogen) atoms. The van der Waals surface area contributed by atoms with Crippen molar-refractivity contribution < 1.29 is 9.53 Å². The number of amidine groups is 1. The van der Waals surface area contributed by atoms with E-state index in [9.17, 15) is 4.79 Å². The van der Waals surface area contributed by atoms with Crippen LogP contribution in [0.5, 0.6) is 0 Å². The lowest BCUT2D eigenvalue weighted by Gasteiger charge is -2.24. The highest BCUT2D eigenvalue weighted by molar-refractivity contribution is 5.96. The Morgan fingerprint density at radius 2 is 1.78 bits per heavy atom. The lowest BCUT2D eigenvalue weighted by molar-refractivity contribution is 0.0382. The minimum atomic E-state index is -0.432. The molecular weight excluding hydrogens is 288 g/mol. The molecule has 128 valence electrons. The fourth-order valence-corrected chi connectivity index (χ4v) is 2.21. The average molecular weight is 318 g/mol.